The molecule has 4 rings (SSSR count). The maximum atomic E-state index is 12.6. The molecule has 1 amide bonds. The monoisotopic (exact) mass is 466 g/mol. The molecule has 1 aromatic carbocycles. The summed E-state index contributed by atoms with van der Waals surface area (Å²) in [6, 6.07) is 16.5. The van der Waals surface area contributed by atoms with Crippen LogP contribution in [0.4, 0.5) is 5.82 Å². The van der Waals surface area contributed by atoms with E-state index in [2.05, 4.69) is 60.9 Å². The van der Waals surface area contributed by atoms with E-state index in [4.69, 9.17) is 0 Å². The van der Waals surface area contributed by atoms with Crippen LogP contribution in [0.5, 0.6) is 0 Å². The Labute approximate surface area is 195 Å². The third kappa shape index (κ3) is 5.66. The summed E-state index contributed by atoms with van der Waals surface area (Å²) in [5.41, 5.74) is 1.26. The summed E-state index contributed by atoms with van der Waals surface area (Å²) in [6.07, 6.45) is 3.31. The van der Waals surface area contributed by atoms with Crippen LogP contribution in [0.2, 0.25) is 0 Å². The largest absolute Gasteiger partial charge is 0.310 e. The van der Waals surface area contributed by atoms with Crippen LogP contribution >= 0.6 is 23.1 Å². The number of nitrogens with one attached hydrogen (secondary N) is 1. The van der Waals surface area contributed by atoms with Crippen LogP contribution < -0.4 is 5.32 Å². The first kappa shape index (κ1) is 22.3. The number of aryl methyl sites for hydroxylation is 1. The van der Waals surface area contributed by atoms with Crippen molar-refractivity contribution in [3.63, 3.8) is 0 Å². The van der Waals surface area contributed by atoms with E-state index in [1.54, 1.807) is 22.2 Å². The van der Waals surface area contributed by atoms with Gasteiger partial charge in [0, 0.05) is 30.0 Å². The zero-order valence-electron chi connectivity index (χ0n) is 18.1. The Kier molecular flexibility index (Phi) is 7.39. The number of carbonyl (C=O) groups excluding carboxylic acids is 1. The lowest BCUT2D eigenvalue weighted by atomic mass is 10.1. The molecule has 9 heteroatoms. The van der Waals surface area contributed by atoms with Crippen LogP contribution in [0.25, 0.3) is 0 Å². The predicted octanol–water partition coefficient (Wildman–Crippen LogP) is 4.68. The fraction of sp³-hybridized carbons (Fsp3) is 0.304. The fourth-order valence-corrected chi connectivity index (χ4v) is 4.85. The van der Waals surface area contributed by atoms with Crippen LogP contribution in [-0.2, 0) is 24.2 Å². The number of hydrogen-bond donors (Lipinski definition) is 1. The molecule has 0 atom stereocenters. The molecule has 0 unspecified atom stereocenters. The molecule has 4 aromatic rings. The Morgan fingerprint density at radius 2 is 1.97 bits per heavy atom. The summed E-state index contributed by atoms with van der Waals surface area (Å²) < 4.78 is 3.94. The fourth-order valence-electron chi connectivity index (χ4n) is 3.37. The first-order valence-electron chi connectivity index (χ1n) is 10.5. The van der Waals surface area contributed by atoms with E-state index in [1.165, 1.54) is 22.2 Å². The number of thioether (sulfide) groups is 1. The zero-order chi connectivity index (χ0) is 22.3. The Morgan fingerprint density at radius 1 is 1.12 bits per heavy atom. The minimum atomic E-state index is -0.0881. The van der Waals surface area contributed by atoms with Gasteiger partial charge in [0.15, 0.2) is 5.16 Å². The molecule has 0 aliphatic rings. The van der Waals surface area contributed by atoms with E-state index in [0.29, 0.717) is 5.82 Å². The summed E-state index contributed by atoms with van der Waals surface area (Å²) in [5.74, 6) is 1.79. The first-order chi connectivity index (χ1) is 15.6. The molecule has 3 heterocycles. The molecule has 0 bridgehead atoms. The second-order valence-corrected chi connectivity index (χ2v) is 9.61. The Balaban J connectivity index is 1.45. The van der Waals surface area contributed by atoms with Gasteiger partial charge in [-0.05, 0) is 37.3 Å². The van der Waals surface area contributed by atoms with Crippen molar-refractivity contribution in [2.45, 2.75) is 44.4 Å². The molecule has 166 valence electrons. The Hall–Kier alpha value is -2.91. The van der Waals surface area contributed by atoms with Crippen molar-refractivity contribution in [2.75, 3.05) is 11.1 Å². The molecule has 0 fully saturated rings. The highest BCUT2D eigenvalue weighted by Crippen LogP contribution is 2.22. The van der Waals surface area contributed by atoms with Crippen molar-refractivity contribution in [3.05, 3.63) is 76.4 Å². The van der Waals surface area contributed by atoms with Crippen LogP contribution in [0.3, 0.4) is 0 Å². The van der Waals surface area contributed by atoms with Crippen LogP contribution in [0, 0.1) is 0 Å². The highest BCUT2D eigenvalue weighted by Gasteiger charge is 2.16. The van der Waals surface area contributed by atoms with Gasteiger partial charge in [-0.3, -0.25) is 4.79 Å². The van der Waals surface area contributed by atoms with E-state index in [9.17, 15) is 4.79 Å². The van der Waals surface area contributed by atoms with E-state index in [-0.39, 0.29) is 17.7 Å². The number of benzene rings is 1. The quantitative estimate of drug-likeness (QED) is 0.343. The maximum Gasteiger partial charge on any atom is 0.235 e. The molecule has 0 radical (unpaired) electrons. The third-order valence-electron chi connectivity index (χ3n) is 4.93. The van der Waals surface area contributed by atoms with Gasteiger partial charge in [-0.2, -0.15) is 5.10 Å². The van der Waals surface area contributed by atoms with Crippen LogP contribution in [0.15, 0.2) is 65.3 Å². The van der Waals surface area contributed by atoms with E-state index in [0.717, 1.165) is 30.4 Å². The molecule has 0 saturated carbocycles. The number of hydrogen-bond acceptors (Lipinski definition) is 6. The summed E-state index contributed by atoms with van der Waals surface area (Å²) in [4.78, 5) is 13.8. The third-order valence-corrected chi connectivity index (χ3v) is 6.78. The number of nitrogens with zero attached hydrogens (tertiary/aromatic N) is 5. The molecule has 0 aliphatic heterocycles. The lowest BCUT2D eigenvalue weighted by molar-refractivity contribution is -0.113. The van der Waals surface area contributed by atoms with E-state index >= 15 is 0 Å². The van der Waals surface area contributed by atoms with Crippen LogP contribution in [0.1, 0.15) is 36.2 Å². The molecule has 32 heavy (non-hydrogen) atoms. The van der Waals surface area contributed by atoms with Gasteiger partial charge in [-0.1, -0.05) is 48.2 Å². The number of anilines is 1. The van der Waals surface area contributed by atoms with Gasteiger partial charge in [-0.15, -0.1) is 21.5 Å². The highest BCUT2D eigenvalue weighted by molar-refractivity contribution is 7.99. The van der Waals surface area contributed by atoms with Gasteiger partial charge in [-0.25, -0.2) is 4.68 Å². The predicted molar refractivity (Wildman–Crippen MR) is 129 cm³/mol. The molecule has 0 saturated heterocycles. The summed E-state index contributed by atoms with van der Waals surface area (Å²) >= 11 is 3.12. The van der Waals surface area contributed by atoms with Crippen molar-refractivity contribution in [1.29, 1.82) is 0 Å². The molecular formula is C23H26N6OS2. The SMILES string of the molecule is CC(C)n1nccc1NC(=O)CSc1nnc(Cc2cccs2)n1CCc1ccccc1. The minimum Gasteiger partial charge on any atom is -0.310 e. The molecule has 0 spiro atoms. The normalized spacial score (nSPS) is 11.2. The van der Waals surface area contributed by atoms with Crippen molar-refractivity contribution < 1.29 is 4.79 Å². The second-order valence-electron chi connectivity index (χ2n) is 7.63. The van der Waals surface area contributed by atoms with Crippen molar-refractivity contribution in [3.8, 4) is 0 Å². The van der Waals surface area contributed by atoms with Gasteiger partial charge < -0.3 is 9.88 Å². The van der Waals surface area contributed by atoms with Gasteiger partial charge in [0.05, 0.1) is 11.9 Å². The van der Waals surface area contributed by atoms with Crippen molar-refractivity contribution in [2.24, 2.45) is 0 Å². The second kappa shape index (κ2) is 10.6. The minimum absolute atomic E-state index is 0.0881. The zero-order valence-corrected chi connectivity index (χ0v) is 19.8. The average Bonchev–Trinajstić information content (AvgIpc) is 3.54. The van der Waals surface area contributed by atoms with Crippen LogP contribution in [-0.4, -0.2) is 36.2 Å². The van der Waals surface area contributed by atoms with E-state index < -0.39 is 0 Å². The Bertz CT molecular complexity index is 1130. The summed E-state index contributed by atoms with van der Waals surface area (Å²) in [5, 5.41) is 18.9. The van der Waals surface area contributed by atoms with E-state index in [1.807, 2.05) is 32.0 Å². The number of thiophene rings is 1. The van der Waals surface area contributed by atoms with Gasteiger partial charge in [0.2, 0.25) is 5.91 Å². The molecular weight excluding hydrogens is 440 g/mol. The number of rotatable bonds is 10. The number of carbonyl (C=O) groups is 1. The number of amides is 1. The standard InChI is InChI=1S/C23H26N6OS2/c1-17(2)29-20(10-12-24-29)25-22(30)16-32-23-27-26-21(15-19-9-6-14-31-19)28(23)13-11-18-7-4-3-5-8-18/h3-10,12,14,17H,11,13,15-16H2,1-2H3,(H,25,30). The van der Waals surface area contributed by atoms with Crippen molar-refractivity contribution in [1.82, 2.24) is 24.5 Å². The highest BCUT2D eigenvalue weighted by atomic mass is 32.2. The van der Waals surface area contributed by atoms with Gasteiger partial charge in [0.1, 0.15) is 11.6 Å². The van der Waals surface area contributed by atoms with Crippen molar-refractivity contribution >= 4 is 34.8 Å². The molecule has 3 aromatic heterocycles. The lowest BCUT2D eigenvalue weighted by Crippen LogP contribution is -2.18. The smallest absolute Gasteiger partial charge is 0.235 e. The summed E-state index contributed by atoms with van der Waals surface area (Å²) in [6.45, 7) is 4.82. The van der Waals surface area contributed by atoms with Gasteiger partial charge in [0.25, 0.3) is 0 Å². The summed E-state index contributed by atoms with van der Waals surface area (Å²) in [7, 11) is 0. The Morgan fingerprint density at radius 3 is 2.72 bits per heavy atom. The maximum absolute atomic E-state index is 12.6. The van der Waals surface area contributed by atoms with Gasteiger partial charge >= 0.3 is 0 Å². The topological polar surface area (TPSA) is 77.6 Å². The average molecular weight is 467 g/mol. The number of aromatic nitrogens is 5. The lowest BCUT2D eigenvalue weighted by Gasteiger charge is -2.12. The molecule has 7 nitrogen and oxygen atoms in total. The molecule has 0 aliphatic carbocycles. The molecule has 1 N–H and O–H groups in total. The first-order valence-corrected chi connectivity index (χ1v) is 12.4.